The maximum atomic E-state index is 10.5. The Morgan fingerprint density at radius 3 is 2.54 bits per heavy atom. The summed E-state index contributed by atoms with van der Waals surface area (Å²) in [4.78, 5) is 12.3. The molecule has 0 aliphatic heterocycles. The third-order valence-corrected chi connectivity index (χ3v) is 2.05. The molecule has 0 bridgehead atoms. The van der Waals surface area contributed by atoms with Gasteiger partial charge in [0, 0.05) is 6.54 Å². The molecular weight excluding hydrogens is 168 g/mol. The van der Waals surface area contributed by atoms with Gasteiger partial charge in [0.15, 0.2) is 0 Å². The molecule has 0 rings (SSSR count). The van der Waals surface area contributed by atoms with Gasteiger partial charge in [-0.2, -0.15) is 5.26 Å². The van der Waals surface area contributed by atoms with Crippen LogP contribution >= 0.6 is 0 Å². The van der Waals surface area contributed by atoms with Gasteiger partial charge in [-0.3, -0.25) is 9.69 Å². The van der Waals surface area contributed by atoms with Gasteiger partial charge in [0.2, 0.25) is 0 Å². The van der Waals surface area contributed by atoms with E-state index in [0.29, 0.717) is 6.54 Å². The molecule has 0 aromatic rings. The van der Waals surface area contributed by atoms with Gasteiger partial charge < -0.3 is 5.11 Å². The van der Waals surface area contributed by atoms with Crippen LogP contribution in [0.5, 0.6) is 0 Å². The molecule has 0 aromatic carbocycles. The molecule has 1 N–H and O–H groups in total. The van der Waals surface area contributed by atoms with Crippen LogP contribution in [0.1, 0.15) is 20.3 Å². The summed E-state index contributed by atoms with van der Waals surface area (Å²) in [7, 11) is 1.77. The molecule has 0 saturated carbocycles. The first-order valence-corrected chi connectivity index (χ1v) is 4.35. The van der Waals surface area contributed by atoms with E-state index in [1.807, 2.05) is 6.92 Å². The highest BCUT2D eigenvalue weighted by Crippen LogP contribution is 2.04. The number of nitrogens with zero attached hydrogens (tertiary/aromatic N) is 2. The monoisotopic (exact) mass is 184 g/mol. The molecule has 74 valence electrons. The van der Waals surface area contributed by atoms with E-state index in [0.717, 1.165) is 6.42 Å². The maximum Gasteiger partial charge on any atom is 0.307 e. The molecule has 0 spiro atoms. The minimum atomic E-state index is -0.820. The third kappa shape index (κ3) is 3.90. The Balaban J connectivity index is 4.06. The van der Waals surface area contributed by atoms with Crippen molar-refractivity contribution in [1.82, 2.24) is 4.90 Å². The topological polar surface area (TPSA) is 64.3 Å². The lowest BCUT2D eigenvalue weighted by Gasteiger charge is -2.22. The normalized spacial score (nSPS) is 15.0. The third-order valence-electron chi connectivity index (χ3n) is 2.05. The average molecular weight is 184 g/mol. The van der Waals surface area contributed by atoms with Crippen LogP contribution in [0.3, 0.4) is 0 Å². The Kier molecular flexibility index (Phi) is 5.09. The number of rotatable bonds is 5. The highest BCUT2D eigenvalue weighted by molar-refractivity contribution is 5.69. The van der Waals surface area contributed by atoms with E-state index in [1.165, 1.54) is 0 Å². The number of nitriles is 1. The lowest BCUT2D eigenvalue weighted by Crippen LogP contribution is -2.35. The molecule has 0 aliphatic carbocycles. The molecule has 0 heterocycles. The minimum absolute atomic E-state index is 0.179. The van der Waals surface area contributed by atoms with Crippen molar-refractivity contribution in [1.29, 1.82) is 5.26 Å². The van der Waals surface area contributed by atoms with Crippen LogP contribution in [-0.2, 0) is 4.79 Å². The second kappa shape index (κ2) is 5.55. The zero-order valence-electron chi connectivity index (χ0n) is 8.32. The zero-order chi connectivity index (χ0) is 10.4. The van der Waals surface area contributed by atoms with E-state index in [9.17, 15) is 4.79 Å². The number of carboxylic acids is 1. The first-order valence-electron chi connectivity index (χ1n) is 4.35. The van der Waals surface area contributed by atoms with Crippen molar-refractivity contribution in [3.8, 4) is 6.07 Å². The summed E-state index contributed by atoms with van der Waals surface area (Å²) >= 11 is 0. The van der Waals surface area contributed by atoms with Crippen LogP contribution in [0.15, 0.2) is 0 Å². The Hall–Kier alpha value is -1.08. The summed E-state index contributed by atoms with van der Waals surface area (Å²) in [5.41, 5.74) is 0. The molecule has 0 amide bonds. The predicted molar refractivity (Wildman–Crippen MR) is 49.1 cm³/mol. The van der Waals surface area contributed by atoms with Crippen molar-refractivity contribution in [2.45, 2.75) is 26.3 Å². The van der Waals surface area contributed by atoms with Crippen molar-refractivity contribution in [3.05, 3.63) is 0 Å². The number of carbonyl (C=O) groups is 1. The van der Waals surface area contributed by atoms with Gasteiger partial charge in [-0.25, -0.2) is 0 Å². The Labute approximate surface area is 78.8 Å². The second-order valence-electron chi connectivity index (χ2n) is 3.23. The summed E-state index contributed by atoms with van der Waals surface area (Å²) in [5.74, 6) is -1.24. The van der Waals surface area contributed by atoms with Crippen molar-refractivity contribution in [2.75, 3.05) is 13.6 Å². The molecule has 4 nitrogen and oxygen atoms in total. The zero-order valence-corrected chi connectivity index (χ0v) is 8.32. The Morgan fingerprint density at radius 2 is 2.23 bits per heavy atom. The lowest BCUT2D eigenvalue weighted by molar-refractivity contribution is -0.141. The summed E-state index contributed by atoms with van der Waals surface area (Å²) in [6.07, 6.45) is 0.722. The van der Waals surface area contributed by atoms with E-state index in [4.69, 9.17) is 10.4 Å². The minimum Gasteiger partial charge on any atom is -0.481 e. The summed E-state index contributed by atoms with van der Waals surface area (Å²) in [6, 6.07) is 1.95. The van der Waals surface area contributed by atoms with Gasteiger partial charge in [-0.1, -0.05) is 13.8 Å². The van der Waals surface area contributed by atoms with Crippen molar-refractivity contribution in [2.24, 2.45) is 5.92 Å². The number of carboxylic acid groups (broad SMARTS) is 1. The van der Waals surface area contributed by atoms with Crippen LogP contribution in [-0.4, -0.2) is 35.6 Å². The largest absolute Gasteiger partial charge is 0.481 e. The molecule has 2 unspecified atom stereocenters. The number of hydrogen-bond acceptors (Lipinski definition) is 3. The van der Waals surface area contributed by atoms with Crippen LogP contribution in [0.4, 0.5) is 0 Å². The molecule has 0 aromatic heterocycles. The molecule has 4 heteroatoms. The van der Waals surface area contributed by atoms with Crippen LogP contribution < -0.4 is 0 Å². The SMILES string of the molecule is CCC(C#N)N(C)CC(C)C(=O)O. The summed E-state index contributed by atoms with van der Waals surface area (Å²) in [5, 5.41) is 17.4. The van der Waals surface area contributed by atoms with Gasteiger partial charge in [0.1, 0.15) is 0 Å². The van der Waals surface area contributed by atoms with E-state index >= 15 is 0 Å². The van der Waals surface area contributed by atoms with Gasteiger partial charge >= 0.3 is 5.97 Å². The van der Waals surface area contributed by atoms with Crippen molar-refractivity contribution in [3.63, 3.8) is 0 Å². The van der Waals surface area contributed by atoms with E-state index in [1.54, 1.807) is 18.9 Å². The first-order chi connectivity index (χ1) is 6.02. The highest BCUT2D eigenvalue weighted by Gasteiger charge is 2.18. The van der Waals surface area contributed by atoms with Gasteiger partial charge in [-0.05, 0) is 13.5 Å². The van der Waals surface area contributed by atoms with E-state index < -0.39 is 11.9 Å². The van der Waals surface area contributed by atoms with E-state index in [2.05, 4.69) is 6.07 Å². The standard InChI is InChI=1S/C9H16N2O2/c1-4-8(5-10)11(3)6-7(2)9(12)13/h7-8H,4,6H2,1-3H3,(H,12,13). The Bertz CT molecular complexity index is 210. The quantitative estimate of drug-likeness (QED) is 0.690. The summed E-state index contributed by atoms with van der Waals surface area (Å²) < 4.78 is 0. The van der Waals surface area contributed by atoms with Gasteiger partial charge in [0.05, 0.1) is 18.0 Å². The van der Waals surface area contributed by atoms with Crippen molar-refractivity contribution < 1.29 is 9.90 Å². The number of hydrogen-bond donors (Lipinski definition) is 1. The molecule has 0 radical (unpaired) electrons. The molecule has 0 saturated heterocycles. The maximum absolute atomic E-state index is 10.5. The van der Waals surface area contributed by atoms with Crippen LogP contribution in [0, 0.1) is 17.2 Å². The van der Waals surface area contributed by atoms with Gasteiger partial charge in [0.25, 0.3) is 0 Å². The molecule has 2 atom stereocenters. The number of aliphatic carboxylic acids is 1. The Morgan fingerprint density at radius 1 is 1.69 bits per heavy atom. The second-order valence-corrected chi connectivity index (χ2v) is 3.23. The summed E-state index contributed by atoms with van der Waals surface area (Å²) in [6.45, 7) is 3.97. The highest BCUT2D eigenvalue weighted by atomic mass is 16.4. The molecule has 13 heavy (non-hydrogen) atoms. The van der Waals surface area contributed by atoms with E-state index in [-0.39, 0.29) is 6.04 Å². The fourth-order valence-electron chi connectivity index (χ4n) is 1.14. The molecule has 0 aliphatic rings. The first kappa shape index (κ1) is 11.9. The smallest absolute Gasteiger partial charge is 0.307 e. The molecular formula is C9H16N2O2. The fourth-order valence-corrected chi connectivity index (χ4v) is 1.14. The van der Waals surface area contributed by atoms with Crippen LogP contribution in [0.2, 0.25) is 0 Å². The van der Waals surface area contributed by atoms with Crippen molar-refractivity contribution >= 4 is 5.97 Å². The predicted octanol–water partition coefficient (Wildman–Crippen LogP) is 0.941. The average Bonchev–Trinajstić information content (AvgIpc) is 2.06. The molecule has 0 fully saturated rings. The van der Waals surface area contributed by atoms with Crippen LogP contribution in [0.25, 0.3) is 0 Å². The lowest BCUT2D eigenvalue weighted by atomic mass is 10.1. The fraction of sp³-hybridized carbons (Fsp3) is 0.778. The van der Waals surface area contributed by atoms with Gasteiger partial charge in [-0.15, -0.1) is 0 Å².